The van der Waals surface area contributed by atoms with Crippen LogP contribution in [0.15, 0.2) is 24.3 Å². The van der Waals surface area contributed by atoms with Crippen molar-refractivity contribution >= 4 is 0 Å². The van der Waals surface area contributed by atoms with E-state index in [9.17, 15) is 30.7 Å². The number of alkyl halides is 7. The van der Waals surface area contributed by atoms with Crippen molar-refractivity contribution in [3.63, 3.8) is 0 Å². The Morgan fingerprint density at radius 2 is 1.65 bits per heavy atom. The molecule has 0 radical (unpaired) electrons. The second-order valence-electron chi connectivity index (χ2n) is 5.20. The zero-order chi connectivity index (χ0) is 17.9. The zero-order valence-electron chi connectivity index (χ0n) is 12.6. The van der Waals surface area contributed by atoms with E-state index in [0.717, 1.165) is 19.1 Å². The van der Waals surface area contributed by atoms with Crippen LogP contribution in [0.1, 0.15) is 37.0 Å². The topological polar surface area (TPSA) is 9.23 Å². The van der Waals surface area contributed by atoms with E-state index in [1.807, 2.05) is 6.92 Å². The lowest BCUT2D eigenvalue weighted by Gasteiger charge is -2.30. The third-order valence-corrected chi connectivity index (χ3v) is 3.40. The van der Waals surface area contributed by atoms with Crippen LogP contribution in [0.5, 0.6) is 0 Å². The first-order valence-electron chi connectivity index (χ1n) is 6.90. The van der Waals surface area contributed by atoms with Gasteiger partial charge in [0.2, 0.25) is 0 Å². The van der Waals surface area contributed by atoms with Crippen molar-refractivity contribution in [2.75, 3.05) is 7.11 Å². The minimum absolute atomic E-state index is 0.135. The van der Waals surface area contributed by atoms with Crippen LogP contribution < -0.4 is 0 Å². The second kappa shape index (κ2) is 7.07. The molecule has 1 nitrogen and oxygen atoms in total. The molecule has 8 heteroatoms. The van der Waals surface area contributed by atoms with Crippen LogP contribution in [0.4, 0.5) is 30.7 Å². The molecule has 1 unspecified atom stereocenters. The van der Waals surface area contributed by atoms with Gasteiger partial charge in [0.05, 0.1) is 6.10 Å². The van der Waals surface area contributed by atoms with Gasteiger partial charge in [-0.25, -0.2) is 0 Å². The molecule has 1 atom stereocenters. The van der Waals surface area contributed by atoms with Gasteiger partial charge in [0.25, 0.3) is 0 Å². The van der Waals surface area contributed by atoms with E-state index in [0.29, 0.717) is 6.42 Å². The number of aryl methyl sites for hydroxylation is 1. The van der Waals surface area contributed by atoms with Crippen molar-refractivity contribution in [1.29, 1.82) is 0 Å². The lowest BCUT2D eigenvalue weighted by atomic mass is 9.96. The molecule has 0 heterocycles. The van der Waals surface area contributed by atoms with Crippen molar-refractivity contribution in [3.05, 3.63) is 35.4 Å². The molecule has 0 aliphatic carbocycles. The first kappa shape index (κ1) is 19.7. The minimum Gasteiger partial charge on any atom is -0.377 e. The average Bonchev–Trinajstić information content (AvgIpc) is 2.44. The smallest absolute Gasteiger partial charge is 0.377 e. The molecule has 23 heavy (non-hydrogen) atoms. The summed E-state index contributed by atoms with van der Waals surface area (Å²) in [6.07, 6.45) is -8.29. The molecule has 0 saturated carbocycles. The molecule has 0 amide bonds. The summed E-state index contributed by atoms with van der Waals surface area (Å²) >= 11 is 0. The van der Waals surface area contributed by atoms with Crippen molar-refractivity contribution in [2.24, 2.45) is 0 Å². The van der Waals surface area contributed by atoms with Gasteiger partial charge >= 0.3 is 18.0 Å². The van der Waals surface area contributed by atoms with Crippen LogP contribution in [-0.4, -0.2) is 25.1 Å². The fourth-order valence-electron chi connectivity index (χ4n) is 2.14. The Morgan fingerprint density at radius 1 is 1.04 bits per heavy atom. The Labute approximate surface area is 129 Å². The quantitative estimate of drug-likeness (QED) is 0.588. The lowest BCUT2D eigenvalue weighted by molar-refractivity contribution is -0.358. The molecule has 0 aliphatic heterocycles. The fraction of sp³-hybridized carbons (Fsp3) is 0.600. The van der Waals surface area contributed by atoms with Crippen molar-refractivity contribution in [3.8, 4) is 0 Å². The summed E-state index contributed by atoms with van der Waals surface area (Å²) in [5.74, 6) is -11.4. The molecule has 1 rings (SSSR count). The molecule has 0 spiro atoms. The molecular formula is C15H17F7O. The first-order valence-corrected chi connectivity index (χ1v) is 6.90. The van der Waals surface area contributed by atoms with Gasteiger partial charge in [0.1, 0.15) is 0 Å². The summed E-state index contributed by atoms with van der Waals surface area (Å²) in [4.78, 5) is 0. The van der Waals surface area contributed by atoms with Crippen molar-refractivity contribution < 1.29 is 35.5 Å². The van der Waals surface area contributed by atoms with Gasteiger partial charge in [-0.1, -0.05) is 37.6 Å². The summed E-state index contributed by atoms with van der Waals surface area (Å²) in [5.41, 5.74) is 0.897. The highest BCUT2D eigenvalue weighted by Crippen LogP contribution is 2.50. The number of ether oxygens (including phenoxy) is 1. The monoisotopic (exact) mass is 346 g/mol. The Hall–Kier alpha value is -1.31. The third-order valence-electron chi connectivity index (χ3n) is 3.40. The van der Waals surface area contributed by atoms with Gasteiger partial charge in [-0.3, -0.25) is 0 Å². The van der Waals surface area contributed by atoms with Crippen LogP contribution in [0.2, 0.25) is 0 Å². The minimum atomic E-state index is -6.33. The number of hydrogen-bond donors (Lipinski definition) is 0. The maximum Gasteiger partial charge on any atom is 0.459 e. The van der Waals surface area contributed by atoms with E-state index in [1.54, 1.807) is 6.07 Å². The number of rotatable bonds is 7. The third kappa shape index (κ3) is 4.37. The molecule has 0 fully saturated rings. The van der Waals surface area contributed by atoms with Gasteiger partial charge in [-0.2, -0.15) is 30.7 Å². The van der Waals surface area contributed by atoms with E-state index < -0.39 is 30.5 Å². The zero-order valence-corrected chi connectivity index (χ0v) is 12.6. The lowest BCUT2D eigenvalue weighted by Crippen LogP contribution is -2.52. The number of halogens is 7. The molecule has 0 bridgehead atoms. The second-order valence-corrected chi connectivity index (χ2v) is 5.20. The van der Waals surface area contributed by atoms with Gasteiger partial charge < -0.3 is 4.74 Å². The Balaban J connectivity index is 3.05. The molecule has 132 valence electrons. The largest absolute Gasteiger partial charge is 0.459 e. The SMILES string of the molecule is CCCc1cccc(C(CC(F)(F)C(F)(F)C(F)(F)F)OC)c1. The molecule has 1 aromatic rings. The maximum atomic E-state index is 13.5. The summed E-state index contributed by atoms with van der Waals surface area (Å²) in [6, 6.07) is 6.06. The van der Waals surface area contributed by atoms with Gasteiger partial charge in [-0.05, 0) is 17.5 Å². The van der Waals surface area contributed by atoms with Crippen LogP contribution in [0.3, 0.4) is 0 Å². The highest BCUT2D eigenvalue weighted by Gasteiger charge is 2.73. The van der Waals surface area contributed by atoms with E-state index in [2.05, 4.69) is 0 Å². The van der Waals surface area contributed by atoms with Gasteiger partial charge in [0, 0.05) is 13.5 Å². The van der Waals surface area contributed by atoms with Gasteiger partial charge in [0.15, 0.2) is 0 Å². The Morgan fingerprint density at radius 3 is 2.13 bits per heavy atom. The highest BCUT2D eigenvalue weighted by atomic mass is 19.4. The van der Waals surface area contributed by atoms with Crippen LogP contribution in [-0.2, 0) is 11.2 Å². The number of methoxy groups -OCH3 is 1. The average molecular weight is 346 g/mol. The van der Waals surface area contributed by atoms with Crippen molar-refractivity contribution in [2.45, 2.75) is 50.3 Å². The van der Waals surface area contributed by atoms with Gasteiger partial charge in [-0.15, -0.1) is 0 Å². The summed E-state index contributed by atoms with van der Waals surface area (Å²) in [6.45, 7) is 1.89. The molecule has 0 aliphatic rings. The standard InChI is InChI=1S/C15H17F7O/c1-3-5-10-6-4-7-11(8-10)12(23-2)9-13(16,17)14(18,19)15(20,21)22/h4,6-8,12H,3,5,9H2,1-2H3. The maximum absolute atomic E-state index is 13.5. The highest BCUT2D eigenvalue weighted by molar-refractivity contribution is 5.26. The van der Waals surface area contributed by atoms with Crippen LogP contribution in [0.25, 0.3) is 0 Å². The van der Waals surface area contributed by atoms with Crippen LogP contribution >= 0.6 is 0 Å². The fourth-order valence-corrected chi connectivity index (χ4v) is 2.14. The normalized spacial score (nSPS) is 14.8. The van der Waals surface area contributed by atoms with E-state index in [1.165, 1.54) is 18.2 Å². The predicted octanol–water partition coefficient (Wildman–Crippen LogP) is 5.55. The summed E-state index contributed by atoms with van der Waals surface area (Å²) in [7, 11) is 0.985. The van der Waals surface area contributed by atoms with Crippen LogP contribution in [0, 0.1) is 0 Å². The Bertz CT molecular complexity index is 511. The van der Waals surface area contributed by atoms with Crippen molar-refractivity contribution in [1.82, 2.24) is 0 Å². The van der Waals surface area contributed by atoms with E-state index >= 15 is 0 Å². The number of benzene rings is 1. The molecule has 0 N–H and O–H groups in total. The van der Waals surface area contributed by atoms with E-state index in [4.69, 9.17) is 4.74 Å². The Kier molecular flexibility index (Phi) is 6.06. The number of hydrogen-bond acceptors (Lipinski definition) is 1. The molecular weight excluding hydrogens is 329 g/mol. The summed E-state index contributed by atoms with van der Waals surface area (Å²) < 4.78 is 94.3. The summed E-state index contributed by atoms with van der Waals surface area (Å²) in [5, 5.41) is 0. The molecule has 0 saturated heterocycles. The molecule has 0 aromatic heterocycles. The molecule has 1 aromatic carbocycles. The first-order chi connectivity index (χ1) is 10.5. The van der Waals surface area contributed by atoms with E-state index in [-0.39, 0.29) is 5.56 Å². The predicted molar refractivity (Wildman–Crippen MR) is 70.8 cm³/mol.